The quantitative estimate of drug-likeness (QED) is 0.557. The molecule has 1 unspecified atom stereocenters. The lowest BCUT2D eigenvalue weighted by atomic mass is 10.2. The van der Waals surface area contributed by atoms with Crippen molar-refractivity contribution in [2.45, 2.75) is 13.0 Å². The average molecular weight is 424 g/mol. The first-order valence-corrected chi connectivity index (χ1v) is 10.5. The molecule has 3 aromatic rings. The first-order valence-electron chi connectivity index (χ1n) is 10.5. The smallest absolute Gasteiger partial charge is 0.194 e. The third-order valence-electron chi connectivity index (χ3n) is 5.54. The van der Waals surface area contributed by atoms with Gasteiger partial charge in [0.15, 0.2) is 11.5 Å². The number of furan rings is 1. The van der Waals surface area contributed by atoms with E-state index in [4.69, 9.17) is 13.9 Å². The molecule has 0 saturated carbocycles. The number of nitrogens with zero attached hydrogens (tertiary/aromatic N) is 2. The molecule has 1 N–H and O–H groups in total. The number of ketones is 1. The number of ether oxygens (including phenoxy) is 2. The lowest BCUT2D eigenvalue weighted by Gasteiger charge is -2.37. The van der Waals surface area contributed by atoms with Crippen LogP contribution in [0.3, 0.4) is 0 Å². The van der Waals surface area contributed by atoms with Gasteiger partial charge in [-0.25, -0.2) is 0 Å². The Morgan fingerprint density at radius 1 is 1.13 bits per heavy atom. The van der Waals surface area contributed by atoms with Gasteiger partial charge in [0.1, 0.15) is 29.8 Å². The van der Waals surface area contributed by atoms with Gasteiger partial charge in [-0.1, -0.05) is 12.1 Å². The molecule has 0 bridgehead atoms. The minimum Gasteiger partial charge on any atom is -0.495 e. The molecule has 2 aromatic carbocycles. The highest BCUT2D eigenvalue weighted by Gasteiger charge is 2.21. The van der Waals surface area contributed by atoms with Crippen LogP contribution in [-0.4, -0.2) is 68.3 Å². The Hall–Kier alpha value is -3.03. The molecule has 0 amide bonds. The van der Waals surface area contributed by atoms with E-state index in [0.29, 0.717) is 23.6 Å². The number of aliphatic hydroxyl groups excluding tert-OH is 1. The van der Waals surface area contributed by atoms with Crippen molar-refractivity contribution in [3.05, 3.63) is 54.3 Å². The summed E-state index contributed by atoms with van der Waals surface area (Å²) in [5, 5.41) is 11.3. The van der Waals surface area contributed by atoms with Crippen LogP contribution in [0.4, 0.5) is 5.69 Å². The molecular formula is C24H28N2O5. The standard InChI is InChI=1S/C24H28N2O5/c1-17(27)24-14-18-13-20(7-8-22(18)31-24)30-16-19(28)15-25-9-11-26(12-10-25)21-5-3-4-6-23(21)29-2/h3-8,13-14,19,28H,9-12,15-16H2,1-2H3. The Balaban J connectivity index is 1.26. The minimum absolute atomic E-state index is 0.111. The molecule has 7 nitrogen and oxygen atoms in total. The molecule has 164 valence electrons. The second-order valence-electron chi connectivity index (χ2n) is 7.79. The van der Waals surface area contributed by atoms with E-state index in [1.54, 1.807) is 25.3 Å². The van der Waals surface area contributed by atoms with Crippen molar-refractivity contribution in [1.82, 2.24) is 4.90 Å². The molecule has 1 atom stereocenters. The number of anilines is 1. The van der Waals surface area contributed by atoms with Crippen molar-refractivity contribution < 1.29 is 23.8 Å². The monoisotopic (exact) mass is 424 g/mol. The molecular weight excluding hydrogens is 396 g/mol. The number of carbonyl (C=O) groups excluding carboxylic acids is 1. The Morgan fingerprint density at radius 2 is 1.90 bits per heavy atom. The van der Waals surface area contributed by atoms with Gasteiger partial charge >= 0.3 is 0 Å². The van der Waals surface area contributed by atoms with E-state index >= 15 is 0 Å². The number of aliphatic hydroxyl groups is 1. The van der Waals surface area contributed by atoms with E-state index in [2.05, 4.69) is 15.9 Å². The van der Waals surface area contributed by atoms with Crippen LogP contribution in [0, 0.1) is 0 Å². The maximum absolute atomic E-state index is 11.5. The van der Waals surface area contributed by atoms with Gasteiger partial charge in [-0.15, -0.1) is 0 Å². The van der Waals surface area contributed by atoms with E-state index in [0.717, 1.165) is 43.0 Å². The lowest BCUT2D eigenvalue weighted by molar-refractivity contribution is 0.0663. The van der Waals surface area contributed by atoms with Crippen LogP contribution in [0.1, 0.15) is 17.5 Å². The van der Waals surface area contributed by atoms with Gasteiger partial charge in [-0.2, -0.15) is 0 Å². The van der Waals surface area contributed by atoms with Crippen molar-refractivity contribution in [3.63, 3.8) is 0 Å². The molecule has 1 aromatic heterocycles. The van der Waals surface area contributed by atoms with E-state index in [1.165, 1.54) is 6.92 Å². The van der Waals surface area contributed by atoms with Crippen molar-refractivity contribution in [2.24, 2.45) is 0 Å². The number of fused-ring (bicyclic) bond motifs is 1. The predicted octanol–water partition coefficient (Wildman–Crippen LogP) is 3.21. The third kappa shape index (κ3) is 5.00. The van der Waals surface area contributed by atoms with Crippen LogP contribution < -0.4 is 14.4 Å². The third-order valence-corrected chi connectivity index (χ3v) is 5.54. The van der Waals surface area contributed by atoms with E-state index in [9.17, 15) is 9.90 Å². The number of Topliss-reactive ketones (excluding diaryl/α,β-unsaturated/α-hetero) is 1. The summed E-state index contributed by atoms with van der Waals surface area (Å²) in [5.41, 5.74) is 1.75. The molecule has 1 aliphatic heterocycles. The maximum Gasteiger partial charge on any atom is 0.194 e. The summed E-state index contributed by atoms with van der Waals surface area (Å²) in [5.74, 6) is 1.75. The second-order valence-corrected chi connectivity index (χ2v) is 7.79. The van der Waals surface area contributed by atoms with Crippen LogP contribution in [0.5, 0.6) is 11.5 Å². The zero-order valence-electron chi connectivity index (χ0n) is 17.9. The fourth-order valence-corrected chi connectivity index (χ4v) is 3.89. The van der Waals surface area contributed by atoms with Crippen molar-refractivity contribution >= 4 is 22.4 Å². The van der Waals surface area contributed by atoms with Crippen LogP contribution >= 0.6 is 0 Å². The Kier molecular flexibility index (Phi) is 6.44. The summed E-state index contributed by atoms with van der Waals surface area (Å²) < 4.78 is 16.7. The van der Waals surface area contributed by atoms with Crippen LogP contribution in [0.2, 0.25) is 0 Å². The number of rotatable bonds is 8. The van der Waals surface area contributed by atoms with Crippen LogP contribution in [-0.2, 0) is 0 Å². The van der Waals surface area contributed by atoms with Gasteiger partial charge in [0, 0.05) is 45.0 Å². The summed E-state index contributed by atoms with van der Waals surface area (Å²) in [4.78, 5) is 16.0. The number of hydrogen-bond acceptors (Lipinski definition) is 7. The first-order chi connectivity index (χ1) is 15.0. The van der Waals surface area contributed by atoms with E-state index < -0.39 is 6.10 Å². The Morgan fingerprint density at radius 3 is 2.65 bits per heavy atom. The normalized spacial score (nSPS) is 15.8. The van der Waals surface area contributed by atoms with Gasteiger partial charge < -0.3 is 23.9 Å². The van der Waals surface area contributed by atoms with Crippen LogP contribution in [0.25, 0.3) is 11.0 Å². The summed E-state index contributed by atoms with van der Waals surface area (Å²) in [6, 6.07) is 15.1. The highest BCUT2D eigenvalue weighted by atomic mass is 16.5. The highest BCUT2D eigenvalue weighted by Crippen LogP contribution is 2.28. The number of β-amino-alcohol motifs (C(OH)–C–C–N with tert-alkyl or cyclic N) is 1. The number of piperazine rings is 1. The lowest BCUT2D eigenvalue weighted by Crippen LogP contribution is -2.49. The summed E-state index contributed by atoms with van der Waals surface area (Å²) in [7, 11) is 1.69. The zero-order valence-corrected chi connectivity index (χ0v) is 17.9. The topological polar surface area (TPSA) is 75.4 Å². The number of para-hydroxylation sites is 2. The van der Waals surface area contributed by atoms with Crippen molar-refractivity contribution in [1.29, 1.82) is 0 Å². The summed E-state index contributed by atoms with van der Waals surface area (Å²) in [6.45, 7) is 5.72. The Bertz CT molecular complexity index is 1040. The SMILES string of the molecule is COc1ccccc1N1CCN(CC(O)COc2ccc3oc(C(C)=O)cc3c2)CC1. The Labute approximate surface area is 181 Å². The van der Waals surface area contributed by atoms with Gasteiger partial charge in [0.25, 0.3) is 0 Å². The predicted molar refractivity (Wildman–Crippen MR) is 119 cm³/mol. The molecule has 31 heavy (non-hydrogen) atoms. The largest absolute Gasteiger partial charge is 0.495 e. The number of benzene rings is 2. The molecule has 1 fully saturated rings. The maximum atomic E-state index is 11.5. The number of hydrogen-bond donors (Lipinski definition) is 1. The molecule has 0 spiro atoms. The number of methoxy groups -OCH3 is 1. The number of carbonyl (C=O) groups is 1. The van der Waals surface area contributed by atoms with Gasteiger partial charge in [-0.3, -0.25) is 9.69 Å². The van der Waals surface area contributed by atoms with Gasteiger partial charge in [0.05, 0.1) is 12.8 Å². The van der Waals surface area contributed by atoms with Gasteiger partial charge in [-0.05, 0) is 36.4 Å². The fraction of sp³-hybridized carbons (Fsp3) is 0.375. The van der Waals surface area contributed by atoms with E-state index in [1.807, 2.05) is 24.3 Å². The van der Waals surface area contributed by atoms with E-state index in [-0.39, 0.29) is 12.4 Å². The fourth-order valence-electron chi connectivity index (χ4n) is 3.89. The molecule has 0 radical (unpaired) electrons. The summed E-state index contributed by atoms with van der Waals surface area (Å²) in [6.07, 6.45) is -0.592. The average Bonchev–Trinajstić information content (AvgIpc) is 3.22. The second kappa shape index (κ2) is 9.41. The molecule has 4 rings (SSSR count). The first kappa shape index (κ1) is 21.2. The zero-order chi connectivity index (χ0) is 21.8. The molecule has 2 heterocycles. The van der Waals surface area contributed by atoms with Gasteiger partial charge in [0.2, 0.25) is 0 Å². The summed E-state index contributed by atoms with van der Waals surface area (Å²) >= 11 is 0. The van der Waals surface area contributed by atoms with Crippen LogP contribution in [0.15, 0.2) is 52.9 Å². The molecule has 1 aliphatic rings. The molecule has 0 aliphatic carbocycles. The minimum atomic E-state index is -0.592. The molecule has 1 saturated heterocycles. The van der Waals surface area contributed by atoms with Crippen molar-refractivity contribution in [3.8, 4) is 11.5 Å². The molecule has 7 heteroatoms. The van der Waals surface area contributed by atoms with Crippen molar-refractivity contribution in [2.75, 3.05) is 51.3 Å². The highest BCUT2D eigenvalue weighted by molar-refractivity contribution is 5.96.